The second-order valence-corrected chi connectivity index (χ2v) is 5.89. The Labute approximate surface area is 149 Å². The first-order valence-corrected chi connectivity index (χ1v) is 8.16. The minimum absolute atomic E-state index is 0.0143. The standard InChI is InChI=1S/C19H19N3O4/c1-13(23)21-15-6-8-17(9-7-15)26-12-16(24)11-22-19(25)18-5-3-2-4-14(18)10-20-22/h2-10,16,24H,11-12H2,1H3,(H,21,23). The Morgan fingerprint density at radius 1 is 1.23 bits per heavy atom. The zero-order chi connectivity index (χ0) is 18.5. The van der Waals surface area contributed by atoms with E-state index in [1.165, 1.54) is 11.6 Å². The Bertz CT molecular complexity index is 966. The number of nitrogens with one attached hydrogen (secondary N) is 1. The lowest BCUT2D eigenvalue weighted by Crippen LogP contribution is -2.31. The molecule has 0 bridgehead atoms. The molecule has 0 spiro atoms. The number of aromatic nitrogens is 2. The molecular weight excluding hydrogens is 334 g/mol. The molecule has 0 aliphatic carbocycles. The molecule has 2 N–H and O–H groups in total. The van der Waals surface area contributed by atoms with Gasteiger partial charge in [0.15, 0.2) is 0 Å². The molecule has 7 heteroatoms. The van der Waals surface area contributed by atoms with E-state index in [2.05, 4.69) is 10.4 Å². The molecule has 0 radical (unpaired) electrons. The van der Waals surface area contributed by atoms with Crippen molar-refractivity contribution >= 4 is 22.4 Å². The number of amides is 1. The number of carbonyl (C=O) groups is 1. The number of rotatable bonds is 6. The van der Waals surface area contributed by atoms with Crippen LogP contribution in [0.1, 0.15) is 6.92 Å². The van der Waals surface area contributed by atoms with Crippen LogP contribution in [0.3, 0.4) is 0 Å². The van der Waals surface area contributed by atoms with E-state index in [1.807, 2.05) is 12.1 Å². The number of nitrogens with zero attached hydrogens (tertiary/aromatic N) is 2. The monoisotopic (exact) mass is 353 g/mol. The number of hydrogen-bond donors (Lipinski definition) is 2. The van der Waals surface area contributed by atoms with E-state index >= 15 is 0 Å². The predicted molar refractivity (Wildman–Crippen MR) is 98.3 cm³/mol. The van der Waals surface area contributed by atoms with Crippen LogP contribution in [0, 0.1) is 0 Å². The summed E-state index contributed by atoms with van der Waals surface area (Å²) in [6.45, 7) is 1.48. The van der Waals surface area contributed by atoms with Gasteiger partial charge in [-0.05, 0) is 30.3 Å². The van der Waals surface area contributed by atoms with E-state index in [4.69, 9.17) is 4.74 Å². The summed E-state index contributed by atoms with van der Waals surface area (Å²) in [4.78, 5) is 23.4. The van der Waals surface area contributed by atoms with Gasteiger partial charge in [0.25, 0.3) is 5.56 Å². The Morgan fingerprint density at radius 2 is 1.96 bits per heavy atom. The molecule has 134 valence electrons. The van der Waals surface area contributed by atoms with E-state index in [0.29, 0.717) is 16.8 Å². The highest BCUT2D eigenvalue weighted by Crippen LogP contribution is 2.16. The van der Waals surface area contributed by atoms with Crippen molar-refractivity contribution in [1.29, 1.82) is 0 Å². The van der Waals surface area contributed by atoms with Crippen molar-refractivity contribution in [3.63, 3.8) is 0 Å². The number of anilines is 1. The number of aliphatic hydroxyl groups excluding tert-OH is 1. The highest BCUT2D eigenvalue weighted by molar-refractivity contribution is 5.88. The maximum absolute atomic E-state index is 12.4. The maximum Gasteiger partial charge on any atom is 0.274 e. The third kappa shape index (κ3) is 4.25. The van der Waals surface area contributed by atoms with Gasteiger partial charge in [0, 0.05) is 18.0 Å². The first-order chi connectivity index (χ1) is 12.5. The lowest BCUT2D eigenvalue weighted by atomic mass is 10.2. The molecule has 3 rings (SSSR count). The molecule has 0 aliphatic rings. The summed E-state index contributed by atoms with van der Waals surface area (Å²) >= 11 is 0. The molecule has 0 saturated heterocycles. The molecule has 0 aliphatic heterocycles. The van der Waals surface area contributed by atoms with E-state index in [9.17, 15) is 14.7 Å². The minimum Gasteiger partial charge on any atom is -0.491 e. The Balaban J connectivity index is 1.61. The first kappa shape index (κ1) is 17.6. The third-order valence-electron chi connectivity index (χ3n) is 3.76. The summed E-state index contributed by atoms with van der Waals surface area (Å²) in [5.41, 5.74) is 0.416. The minimum atomic E-state index is -0.892. The van der Waals surface area contributed by atoms with Gasteiger partial charge < -0.3 is 15.2 Å². The predicted octanol–water partition coefficient (Wildman–Crippen LogP) is 1.79. The summed E-state index contributed by atoms with van der Waals surface area (Å²) < 4.78 is 6.75. The fourth-order valence-electron chi connectivity index (χ4n) is 2.54. The normalized spacial score (nSPS) is 11.9. The molecule has 1 unspecified atom stereocenters. The SMILES string of the molecule is CC(=O)Nc1ccc(OCC(O)Cn2ncc3ccccc3c2=O)cc1. The molecule has 1 amide bonds. The molecule has 0 saturated carbocycles. The van der Waals surface area contributed by atoms with E-state index < -0.39 is 6.10 Å². The number of aliphatic hydroxyl groups is 1. The van der Waals surface area contributed by atoms with Crippen molar-refractivity contribution in [1.82, 2.24) is 9.78 Å². The Kier molecular flexibility index (Phi) is 5.28. The second kappa shape index (κ2) is 7.79. The summed E-state index contributed by atoms with van der Waals surface area (Å²) in [6, 6.07) is 14.0. The van der Waals surface area contributed by atoms with E-state index in [1.54, 1.807) is 42.6 Å². The number of ether oxygens (including phenoxy) is 1. The van der Waals surface area contributed by atoms with Crippen molar-refractivity contribution in [2.75, 3.05) is 11.9 Å². The van der Waals surface area contributed by atoms with Crippen molar-refractivity contribution < 1.29 is 14.6 Å². The largest absolute Gasteiger partial charge is 0.491 e. The number of hydrogen-bond acceptors (Lipinski definition) is 5. The molecule has 2 aromatic carbocycles. The van der Waals surface area contributed by atoms with Crippen LogP contribution < -0.4 is 15.6 Å². The van der Waals surface area contributed by atoms with Crippen LogP contribution in [0.4, 0.5) is 5.69 Å². The van der Waals surface area contributed by atoms with Gasteiger partial charge in [-0.15, -0.1) is 0 Å². The summed E-state index contributed by atoms with van der Waals surface area (Å²) in [5, 5.41) is 18.2. The average Bonchev–Trinajstić information content (AvgIpc) is 2.63. The summed E-state index contributed by atoms with van der Waals surface area (Å²) in [7, 11) is 0. The molecule has 1 aromatic heterocycles. The second-order valence-electron chi connectivity index (χ2n) is 5.89. The van der Waals surface area contributed by atoms with Crippen molar-refractivity contribution in [3.8, 4) is 5.75 Å². The number of benzene rings is 2. The van der Waals surface area contributed by atoms with Gasteiger partial charge in [-0.3, -0.25) is 9.59 Å². The summed E-state index contributed by atoms with van der Waals surface area (Å²) in [5.74, 6) is 0.402. The van der Waals surface area contributed by atoms with E-state index in [-0.39, 0.29) is 24.6 Å². The van der Waals surface area contributed by atoms with Gasteiger partial charge in [0.1, 0.15) is 18.5 Å². The third-order valence-corrected chi connectivity index (χ3v) is 3.76. The van der Waals surface area contributed by atoms with Crippen LogP contribution in [-0.2, 0) is 11.3 Å². The lowest BCUT2D eigenvalue weighted by Gasteiger charge is -2.14. The molecule has 1 heterocycles. The quantitative estimate of drug-likeness (QED) is 0.705. The van der Waals surface area contributed by atoms with Crippen LogP contribution in [0.5, 0.6) is 5.75 Å². The molecule has 1 atom stereocenters. The van der Waals surface area contributed by atoms with Gasteiger partial charge in [0.2, 0.25) is 5.91 Å². The van der Waals surface area contributed by atoms with E-state index in [0.717, 1.165) is 5.39 Å². The Morgan fingerprint density at radius 3 is 2.69 bits per heavy atom. The van der Waals surface area contributed by atoms with Crippen LogP contribution in [-0.4, -0.2) is 33.5 Å². The lowest BCUT2D eigenvalue weighted by molar-refractivity contribution is -0.114. The zero-order valence-corrected chi connectivity index (χ0v) is 14.3. The van der Waals surface area contributed by atoms with Crippen LogP contribution in [0.15, 0.2) is 59.5 Å². The van der Waals surface area contributed by atoms with Crippen LogP contribution in [0.25, 0.3) is 10.8 Å². The number of carbonyl (C=O) groups excluding carboxylic acids is 1. The fourth-order valence-corrected chi connectivity index (χ4v) is 2.54. The smallest absolute Gasteiger partial charge is 0.274 e. The topological polar surface area (TPSA) is 93.4 Å². The van der Waals surface area contributed by atoms with Crippen LogP contribution >= 0.6 is 0 Å². The average molecular weight is 353 g/mol. The van der Waals surface area contributed by atoms with Gasteiger partial charge in [-0.25, -0.2) is 4.68 Å². The van der Waals surface area contributed by atoms with Crippen LogP contribution in [0.2, 0.25) is 0 Å². The highest BCUT2D eigenvalue weighted by Gasteiger charge is 2.10. The van der Waals surface area contributed by atoms with Gasteiger partial charge in [-0.1, -0.05) is 18.2 Å². The molecular formula is C19H19N3O4. The van der Waals surface area contributed by atoms with Gasteiger partial charge in [-0.2, -0.15) is 5.10 Å². The van der Waals surface area contributed by atoms with Gasteiger partial charge in [0.05, 0.1) is 18.1 Å². The van der Waals surface area contributed by atoms with Gasteiger partial charge >= 0.3 is 0 Å². The van der Waals surface area contributed by atoms with Crippen molar-refractivity contribution in [2.24, 2.45) is 0 Å². The zero-order valence-electron chi connectivity index (χ0n) is 14.3. The highest BCUT2D eigenvalue weighted by atomic mass is 16.5. The Hall–Kier alpha value is -3.19. The van der Waals surface area contributed by atoms with Crippen molar-refractivity contribution in [3.05, 3.63) is 65.1 Å². The number of fused-ring (bicyclic) bond motifs is 1. The maximum atomic E-state index is 12.4. The first-order valence-electron chi connectivity index (χ1n) is 8.16. The molecule has 7 nitrogen and oxygen atoms in total. The molecule has 0 fully saturated rings. The molecule has 26 heavy (non-hydrogen) atoms. The molecule has 3 aromatic rings. The summed E-state index contributed by atoms with van der Waals surface area (Å²) in [6.07, 6.45) is 0.710. The van der Waals surface area contributed by atoms with Crippen molar-refractivity contribution in [2.45, 2.75) is 19.6 Å². The fraction of sp³-hybridized carbons (Fsp3) is 0.211.